The first kappa shape index (κ1) is 9.46. The number of alkyl halides is 3. The van der Waals surface area contributed by atoms with E-state index in [9.17, 15) is 13.2 Å². The largest absolute Gasteiger partial charge is 0.472 e. The third-order valence-corrected chi connectivity index (χ3v) is 0.930. The van der Waals surface area contributed by atoms with Crippen molar-refractivity contribution in [3.8, 4) is 0 Å². The molecule has 0 rings (SSSR count). The molecule has 0 bridgehead atoms. The Morgan fingerprint density at radius 2 is 1.70 bits per heavy atom. The molecule has 0 unspecified atom stereocenters. The Hall–Kier alpha value is -0.540. The maximum Gasteiger partial charge on any atom is 0.472 e. The van der Waals surface area contributed by atoms with Gasteiger partial charge in [-0.05, 0) is 13.8 Å². The van der Waals surface area contributed by atoms with Crippen molar-refractivity contribution in [1.82, 2.24) is 0 Å². The van der Waals surface area contributed by atoms with Crippen molar-refractivity contribution in [2.75, 3.05) is 0 Å². The van der Waals surface area contributed by atoms with Gasteiger partial charge in [-0.25, -0.2) is 4.99 Å². The summed E-state index contributed by atoms with van der Waals surface area (Å²) < 4.78 is 35.1. The van der Waals surface area contributed by atoms with Gasteiger partial charge in [0.1, 0.15) is 6.04 Å². The second kappa shape index (κ2) is 3.03. The lowest BCUT2D eigenvalue weighted by molar-refractivity contribution is -0.501. The predicted octanol–water partition coefficient (Wildman–Crippen LogP) is 0.499. The van der Waals surface area contributed by atoms with E-state index in [0.717, 1.165) is 6.92 Å². The van der Waals surface area contributed by atoms with Crippen LogP contribution in [0.25, 0.3) is 0 Å². The molecule has 0 aromatic carbocycles. The normalized spacial score (nSPS) is 14.5. The van der Waals surface area contributed by atoms with Crippen molar-refractivity contribution in [2.24, 2.45) is 0 Å². The number of hydrogen-bond donors (Lipinski definition) is 1. The molecule has 0 atom stereocenters. The van der Waals surface area contributed by atoms with Crippen LogP contribution in [-0.2, 0) is 0 Å². The minimum Gasteiger partial charge on any atom is -0.240 e. The summed E-state index contributed by atoms with van der Waals surface area (Å²) in [6.45, 7) is 4.35. The van der Waals surface area contributed by atoms with Crippen LogP contribution >= 0.6 is 0 Å². The summed E-state index contributed by atoms with van der Waals surface area (Å²) in [5.74, 6) is 0. The summed E-state index contributed by atoms with van der Waals surface area (Å²) in [6.07, 6.45) is -4.20. The lowest BCUT2D eigenvalue weighted by Gasteiger charge is -2.00. The third kappa shape index (κ3) is 3.48. The lowest BCUT2D eigenvalue weighted by atomic mass is 10.3. The molecule has 10 heavy (non-hydrogen) atoms. The molecule has 1 N–H and O–H groups in total. The molecule has 0 aromatic heterocycles. The maximum absolute atomic E-state index is 11.7. The van der Waals surface area contributed by atoms with Crippen LogP contribution in [0.5, 0.6) is 0 Å². The molecule has 0 radical (unpaired) electrons. The Balaban J connectivity index is 4.20. The number of hydrogen-bond acceptors (Lipinski definition) is 0. The van der Waals surface area contributed by atoms with E-state index in [0.29, 0.717) is 0 Å². The molecule has 0 amide bonds. The van der Waals surface area contributed by atoms with E-state index in [1.165, 1.54) is 0 Å². The molecule has 0 fully saturated rings. The SMILES string of the molecule is CC(=[NH+]C(C)C)C(F)(F)F. The zero-order valence-electron chi connectivity index (χ0n) is 6.21. The Bertz CT molecular complexity index is 134. The average molecular weight is 154 g/mol. The molecule has 0 spiro atoms. The Labute approximate surface area is 58.0 Å². The van der Waals surface area contributed by atoms with E-state index in [2.05, 4.69) is 4.99 Å². The Morgan fingerprint density at radius 3 is 1.80 bits per heavy atom. The molecule has 0 saturated heterocycles. The Morgan fingerprint density at radius 1 is 1.30 bits per heavy atom. The molecular weight excluding hydrogens is 143 g/mol. The van der Waals surface area contributed by atoms with Gasteiger partial charge in [0.2, 0.25) is 0 Å². The fraction of sp³-hybridized carbons (Fsp3) is 0.833. The molecule has 0 aliphatic rings. The molecule has 0 saturated carbocycles. The first-order chi connectivity index (χ1) is 4.34. The summed E-state index contributed by atoms with van der Waals surface area (Å²) in [6, 6.07) is -0.165. The zero-order chi connectivity index (χ0) is 8.36. The van der Waals surface area contributed by atoms with Crippen molar-refractivity contribution in [3.05, 3.63) is 0 Å². The quantitative estimate of drug-likeness (QED) is 0.529. The first-order valence-corrected chi connectivity index (χ1v) is 3.01. The molecule has 0 aliphatic carbocycles. The highest BCUT2D eigenvalue weighted by Gasteiger charge is 2.37. The van der Waals surface area contributed by atoms with Crippen molar-refractivity contribution in [3.63, 3.8) is 0 Å². The van der Waals surface area contributed by atoms with Crippen LogP contribution < -0.4 is 4.99 Å². The molecule has 1 nitrogen and oxygen atoms in total. The summed E-state index contributed by atoms with van der Waals surface area (Å²) in [7, 11) is 0. The number of rotatable bonds is 1. The smallest absolute Gasteiger partial charge is 0.240 e. The van der Waals surface area contributed by atoms with Gasteiger partial charge in [0.05, 0.1) is 0 Å². The van der Waals surface area contributed by atoms with Crippen LogP contribution in [-0.4, -0.2) is 17.9 Å². The zero-order valence-corrected chi connectivity index (χ0v) is 6.21. The van der Waals surface area contributed by atoms with Crippen LogP contribution in [0, 0.1) is 0 Å². The molecule has 60 valence electrons. The molecule has 0 aliphatic heterocycles. The average Bonchev–Trinajstić information content (AvgIpc) is 1.60. The van der Waals surface area contributed by atoms with E-state index in [1.54, 1.807) is 13.8 Å². The lowest BCUT2D eigenvalue weighted by Crippen LogP contribution is -2.79. The summed E-state index contributed by atoms with van der Waals surface area (Å²) >= 11 is 0. The van der Waals surface area contributed by atoms with Crippen LogP contribution in [0.15, 0.2) is 0 Å². The molecular formula is C6H11F3N+. The number of nitrogens with one attached hydrogen (secondary N) is 1. The van der Waals surface area contributed by atoms with E-state index in [1.807, 2.05) is 0 Å². The fourth-order valence-corrected chi connectivity index (χ4v) is 0.515. The predicted molar refractivity (Wildman–Crippen MR) is 32.8 cm³/mol. The maximum atomic E-state index is 11.7. The van der Waals surface area contributed by atoms with Crippen molar-refractivity contribution in [2.45, 2.75) is 33.0 Å². The highest BCUT2D eigenvalue weighted by molar-refractivity contribution is 5.81. The van der Waals surface area contributed by atoms with E-state index in [4.69, 9.17) is 0 Å². The minimum absolute atomic E-state index is 0.165. The highest BCUT2D eigenvalue weighted by Crippen LogP contribution is 2.13. The van der Waals surface area contributed by atoms with Gasteiger partial charge < -0.3 is 0 Å². The molecule has 4 heteroatoms. The van der Waals surface area contributed by atoms with Crippen LogP contribution in [0.1, 0.15) is 20.8 Å². The second-order valence-corrected chi connectivity index (χ2v) is 2.42. The van der Waals surface area contributed by atoms with E-state index >= 15 is 0 Å². The Kier molecular flexibility index (Phi) is 2.87. The topological polar surface area (TPSA) is 14.0 Å². The van der Waals surface area contributed by atoms with Gasteiger partial charge in [0.15, 0.2) is 0 Å². The van der Waals surface area contributed by atoms with E-state index in [-0.39, 0.29) is 6.04 Å². The van der Waals surface area contributed by atoms with Crippen molar-refractivity contribution < 1.29 is 18.2 Å². The van der Waals surface area contributed by atoms with Gasteiger partial charge in [-0.1, -0.05) is 0 Å². The highest BCUT2D eigenvalue weighted by atomic mass is 19.4. The molecule has 0 heterocycles. The van der Waals surface area contributed by atoms with Crippen LogP contribution in [0.4, 0.5) is 13.2 Å². The van der Waals surface area contributed by atoms with Crippen LogP contribution in [0.3, 0.4) is 0 Å². The van der Waals surface area contributed by atoms with Gasteiger partial charge in [-0.2, -0.15) is 13.2 Å². The fourth-order valence-electron chi connectivity index (χ4n) is 0.515. The van der Waals surface area contributed by atoms with Crippen molar-refractivity contribution >= 4 is 5.71 Å². The van der Waals surface area contributed by atoms with Crippen LogP contribution in [0.2, 0.25) is 0 Å². The third-order valence-electron chi connectivity index (χ3n) is 0.930. The summed E-state index contributed by atoms with van der Waals surface area (Å²) in [5.41, 5.74) is -0.637. The monoisotopic (exact) mass is 154 g/mol. The van der Waals surface area contributed by atoms with Crippen molar-refractivity contribution in [1.29, 1.82) is 0 Å². The number of halogens is 3. The molecule has 0 aromatic rings. The summed E-state index contributed by atoms with van der Waals surface area (Å²) in [5, 5.41) is 0. The minimum atomic E-state index is -4.20. The van der Waals surface area contributed by atoms with Gasteiger partial charge in [-0.3, -0.25) is 0 Å². The second-order valence-electron chi connectivity index (χ2n) is 2.42. The van der Waals surface area contributed by atoms with Gasteiger partial charge in [0, 0.05) is 6.92 Å². The van der Waals surface area contributed by atoms with E-state index < -0.39 is 11.9 Å². The van der Waals surface area contributed by atoms with Gasteiger partial charge in [-0.15, -0.1) is 0 Å². The first-order valence-electron chi connectivity index (χ1n) is 3.01. The summed E-state index contributed by atoms with van der Waals surface area (Å²) in [4.78, 5) is 2.27. The van der Waals surface area contributed by atoms with Gasteiger partial charge in [0.25, 0.3) is 5.71 Å². The standard InChI is InChI=1S/C6H10F3N/c1-4(2)10-5(3)6(7,8)9/h4H,1-3H3/p+1. The van der Waals surface area contributed by atoms with Gasteiger partial charge >= 0.3 is 6.18 Å².